The maximum absolute atomic E-state index is 13.1. The Morgan fingerprint density at radius 1 is 1.22 bits per heavy atom. The molecular weight excluding hydrogens is 338 g/mol. The van der Waals surface area contributed by atoms with Crippen molar-refractivity contribution in [1.82, 2.24) is 14.4 Å². The van der Waals surface area contributed by atoms with Crippen molar-refractivity contribution < 1.29 is 9.59 Å². The van der Waals surface area contributed by atoms with Gasteiger partial charge in [-0.05, 0) is 64.9 Å². The summed E-state index contributed by atoms with van der Waals surface area (Å²) in [6.45, 7) is 9.83. The number of nitrogens with zero attached hydrogens (tertiary/aromatic N) is 3. The van der Waals surface area contributed by atoms with Gasteiger partial charge in [0.25, 0.3) is 5.91 Å². The number of carbonyl (C=O) groups excluding carboxylic acids is 2. The van der Waals surface area contributed by atoms with Gasteiger partial charge in [-0.3, -0.25) is 9.59 Å². The molecule has 2 amide bonds. The molecule has 0 N–H and O–H groups in total. The maximum Gasteiger partial charge on any atom is 0.255 e. The van der Waals surface area contributed by atoms with Crippen LogP contribution in [0.1, 0.15) is 69.7 Å². The summed E-state index contributed by atoms with van der Waals surface area (Å²) in [6, 6.07) is 1.94. The minimum atomic E-state index is -0.0192. The summed E-state index contributed by atoms with van der Waals surface area (Å²) in [4.78, 5) is 29.6. The number of piperidine rings is 2. The predicted molar refractivity (Wildman–Crippen MR) is 106 cm³/mol. The van der Waals surface area contributed by atoms with Crippen LogP contribution in [0.25, 0.3) is 0 Å². The predicted octanol–water partition coefficient (Wildman–Crippen LogP) is 3.50. The molecule has 2 saturated heterocycles. The van der Waals surface area contributed by atoms with Crippen LogP contribution in [0.3, 0.4) is 0 Å². The fraction of sp³-hybridized carbons (Fsp3) is 0.727. The van der Waals surface area contributed by atoms with Gasteiger partial charge in [0.1, 0.15) is 0 Å². The van der Waals surface area contributed by atoms with Crippen molar-refractivity contribution in [2.75, 3.05) is 26.2 Å². The third-order valence-corrected chi connectivity index (χ3v) is 6.59. The summed E-state index contributed by atoms with van der Waals surface area (Å²) >= 11 is 0. The molecule has 1 atom stereocenters. The monoisotopic (exact) mass is 371 g/mol. The zero-order valence-electron chi connectivity index (χ0n) is 17.0. The first-order valence-electron chi connectivity index (χ1n) is 10.5. The molecule has 5 nitrogen and oxygen atoms in total. The van der Waals surface area contributed by atoms with Gasteiger partial charge < -0.3 is 14.4 Å². The molecule has 1 spiro atoms. The first-order chi connectivity index (χ1) is 12.8. The zero-order chi connectivity index (χ0) is 19.2. The van der Waals surface area contributed by atoms with Gasteiger partial charge >= 0.3 is 0 Å². The van der Waals surface area contributed by atoms with Crippen molar-refractivity contribution in [2.45, 2.75) is 64.8 Å². The molecule has 5 heteroatoms. The van der Waals surface area contributed by atoms with Gasteiger partial charge in [0.15, 0.2) is 0 Å². The molecule has 3 aliphatic rings. The van der Waals surface area contributed by atoms with Crippen LogP contribution in [-0.2, 0) is 10.3 Å². The first-order valence-corrected chi connectivity index (χ1v) is 10.5. The lowest BCUT2D eigenvalue weighted by molar-refractivity contribution is -0.139. The molecule has 0 unspecified atom stereocenters. The van der Waals surface area contributed by atoms with Crippen molar-refractivity contribution in [1.29, 1.82) is 0 Å². The van der Waals surface area contributed by atoms with Crippen LogP contribution < -0.4 is 0 Å². The molecule has 1 aromatic rings. The van der Waals surface area contributed by atoms with E-state index < -0.39 is 0 Å². The molecule has 0 bridgehead atoms. The Balaban J connectivity index is 1.46. The summed E-state index contributed by atoms with van der Waals surface area (Å²) in [5.74, 6) is 1.18. The lowest BCUT2D eigenvalue weighted by Crippen LogP contribution is -2.55. The van der Waals surface area contributed by atoms with Gasteiger partial charge in [-0.1, -0.05) is 0 Å². The number of hydrogen-bond donors (Lipinski definition) is 0. The van der Waals surface area contributed by atoms with Crippen molar-refractivity contribution in [2.24, 2.45) is 11.3 Å². The SMILES string of the molecule is CC(C)(C)n1ccc(C(=O)N2CCC[C@@]3(CCC(=O)N(CC4CC4)C3)C2)c1. The van der Waals surface area contributed by atoms with Crippen LogP contribution in [0.4, 0.5) is 0 Å². The second-order valence-electron chi connectivity index (χ2n) is 10.0. The number of carbonyl (C=O) groups is 2. The van der Waals surface area contributed by atoms with Crippen molar-refractivity contribution in [3.63, 3.8) is 0 Å². The van der Waals surface area contributed by atoms with E-state index >= 15 is 0 Å². The van der Waals surface area contributed by atoms with Gasteiger partial charge in [-0.15, -0.1) is 0 Å². The Hall–Kier alpha value is -1.78. The van der Waals surface area contributed by atoms with Crippen LogP contribution in [0, 0.1) is 11.3 Å². The molecular formula is C22H33N3O2. The summed E-state index contributed by atoms with van der Waals surface area (Å²) in [7, 11) is 0. The van der Waals surface area contributed by atoms with Crippen LogP contribution >= 0.6 is 0 Å². The Kier molecular flexibility index (Phi) is 4.59. The highest BCUT2D eigenvalue weighted by molar-refractivity contribution is 5.94. The Bertz CT molecular complexity index is 728. The van der Waals surface area contributed by atoms with Gasteiger partial charge in [-0.2, -0.15) is 0 Å². The van der Waals surface area contributed by atoms with E-state index in [2.05, 4.69) is 30.2 Å². The van der Waals surface area contributed by atoms with E-state index in [9.17, 15) is 9.59 Å². The van der Waals surface area contributed by atoms with Crippen LogP contribution in [-0.4, -0.2) is 52.4 Å². The molecule has 1 aromatic heterocycles. The third-order valence-electron chi connectivity index (χ3n) is 6.59. The zero-order valence-corrected chi connectivity index (χ0v) is 17.0. The first kappa shape index (κ1) is 18.6. The van der Waals surface area contributed by atoms with E-state index in [-0.39, 0.29) is 16.9 Å². The molecule has 4 rings (SSSR count). The molecule has 2 aliphatic heterocycles. The van der Waals surface area contributed by atoms with Gasteiger partial charge in [0, 0.05) is 55.9 Å². The van der Waals surface area contributed by atoms with Gasteiger partial charge in [0.05, 0.1) is 5.56 Å². The van der Waals surface area contributed by atoms with Gasteiger partial charge in [-0.25, -0.2) is 0 Å². The smallest absolute Gasteiger partial charge is 0.255 e. The standard InChI is InChI=1S/C22H33N3O2/c1-21(2,3)25-12-8-18(14-25)20(27)23-11-4-9-22(15-23)10-7-19(26)24(16-22)13-17-5-6-17/h8,12,14,17H,4-7,9-11,13,15-16H2,1-3H3/t22-/m1/s1. The lowest BCUT2D eigenvalue weighted by Gasteiger charge is -2.48. The summed E-state index contributed by atoms with van der Waals surface area (Å²) in [5, 5.41) is 0. The fourth-order valence-corrected chi connectivity index (χ4v) is 4.72. The Labute approximate surface area is 162 Å². The normalized spacial score (nSPS) is 26.7. The van der Waals surface area contributed by atoms with E-state index in [1.54, 1.807) is 0 Å². The van der Waals surface area contributed by atoms with E-state index in [1.165, 1.54) is 12.8 Å². The van der Waals surface area contributed by atoms with Crippen LogP contribution in [0.15, 0.2) is 18.5 Å². The van der Waals surface area contributed by atoms with Crippen molar-refractivity contribution in [3.8, 4) is 0 Å². The minimum Gasteiger partial charge on any atom is -0.348 e. The van der Waals surface area contributed by atoms with E-state index in [4.69, 9.17) is 0 Å². The average molecular weight is 372 g/mol. The Morgan fingerprint density at radius 3 is 2.67 bits per heavy atom. The fourth-order valence-electron chi connectivity index (χ4n) is 4.72. The highest BCUT2D eigenvalue weighted by Gasteiger charge is 2.43. The van der Waals surface area contributed by atoms with Crippen LogP contribution in [0.5, 0.6) is 0 Å². The lowest BCUT2D eigenvalue weighted by atomic mass is 9.73. The molecule has 3 fully saturated rings. The Morgan fingerprint density at radius 2 is 2.00 bits per heavy atom. The molecule has 3 heterocycles. The molecule has 1 saturated carbocycles. The highest BCUT2D eigenvalue weighted by Crippen LogP contribution is 2.41. The largest absolute Gasteiger partial charge is 0.348 e. The number of aromatic nitrogens is 1. The highest BCUT2D eigenvalue weighted by atomic mass is 16.2. The molecule has 27 heavy (non-hydrogen) atoms. The molecule has 0 aromatic carbocycles. The van der Waals surface area contributed by atoms with Crippen LogP contribution in [0.2, 0.25) is 0 Å². The minimum absolute atomic E-state index is 0.0192. The van der Waals surface area contributed by atoms with E-state index in [0.717, 1.165) is 56.9 Å². The summed E-state index contributed by atoms with van der Waals surface area (Å²) in [5.41, 5.74) is 0.863. The van der Waals surface area contributed by atoms with Crippen molar-refractivity contribution in [3.05, 3.63) is 24.0 Å². The summed E-state index contributed by atoms with van der Waals surface area (Å²) < 4.78 is 2.11. The number of amides is 2. The molecule has 1 aliphatic carbocycles. The van der Waals surface area contributed by atoms with Crippen molar-refractivity contribution >= 4 is 11.8 Å². The molecule has 148 valence electrons. The van der Waals surface area contributed by atoms with Gasteiger partial charge in [0.2, 0.25) is 5.91 Å². The summed E-state index contributed by atoms with van der Waals surface area (Å²) in [6.07, 6.45) is 10.3. The van der Waals surface area contributed by atoms with E-state index in [1.807, 2.05) is 23.4 Å². The number of likely N-dealkylation sites (tertiary alicyclic amines) is 2. The second-order valence-corrected chi connectivity index (χ2v) is 10.0. The second kappa shape index (κ2) is 6.68. The number of rotatable bonds is 3. The molecule has 0 radical (unpaired) electrons. The van der Waals surface area contributed by atoms with E-state index in [0.29, 0.717) is 12.3 Å². The average Bonchev–Trinajstić information content (AvgIpc) is 3.28. The maximum atomic E-state index is 13.1. The number of hydrogen-bond acceptors (Lipinski definition) is 2. The third kappa shape index (κ3) is 3.92. The topological polar surface area (TPSA) is 45.6 Å². The quantitative estimate of drug-likeness (QED) is 0.816.